The van der Waals surface area contributed by atoms with E-state index in [1.165, 1.54) is 5.56 Å². The highest BCUT2D eigenvalue weighted by atomic mass is 35.5. The van der Waals surface area contributed by atoms with Crippen LogP contribution in [-0.4, -0.2) is 18.0 Å². The van der Waals surface area contributed by atoms with Crippen LogP contribution in [0.5, 0.6) is 0 Å². The Bertz CT molecular complexity index is 1400. The molecule has 0 radical (unpaired) electrons. The SMILES string of the molecule is N#CC1=C(N)OC2=C(CN(Cc3ccccc3)C/C2=C\c2ccccc2Cl)[C@H]1c1ccccc1Cl. The van der Waals surface area contributed by atoms with Gasteiger partial charge in [0.25, 0.3) is 0 Å². The fourth-order valence-electron chi connectivity index (χ4n) is 4.74. The molecular weight excluding hydrogens is 477 g/mol. The topological polar surface area (TPSA) is 62.3 Å². The normalized spacial score (nSPS) is 19.3. The third-order valence-corrected chi connectivity index (χ3v) is 6.99. The van der Waals surface area contributed by atoms with Crippen molar-refractivity contribution in [2.45, 2.75) is 12.5 Å². The summed E-state index contributed by atoms with van der Waals surface area (Å²) in [7, 11) is 0. The van der Waals surface area contributed by atoms with Crippen molar-refractivity contribution in [3.8, 4) is 6.07 Å². The molecule has 0 saturated heterocycles. The Morgan fingerprint density at radius 1 is 0.943 bits per heavy atom. The molecule has 0 aliphatic carbocycles. The Morgan fingerprint density at radius 3 is 2.34 bits per heavy atom. The first-order valence-corrected chi connectivity index (χ1v) is 12.1. The molecule has 0 fully saturated rings. The van der Waals surface area contributed by atoms with Crippen LogP contribution in [0.15, 0.2) is 107 Å². The summed E-state index contributed by atoms with van der Waals surface area (Å²) in [6.07, 6.45) is 2.04. The lowest BCUT2D eigenvalue weighted by Gasteiger charge is -2.38. The van der Waals surface area contributed by atoms with Gasteiger partial charge in [-0.3, -0.25) is 4.90 Å². The fourth-order valence-corrected chi connectivity index (χ4v) is 5.17. The number of allylic oxidation sites excluding steroid dienone is 1. The molecule has 0 bridgehead atoms. The summed E-state index contributed by atoms with van der Waals surface area (Å²) in [6.45, 7) is 2.00. The van der Waals surface area contributed by atoms with Crippen molar-refractivity contribution < 1.29 is 4.74 Å². The van der Waals surface area contributed by atoms with Crippen LogP contribution in [0.25, 0.3) is 6.08 Å². The van der Waals surface area contributed by atoms with Gasteiger partial charge in [0, 0.05) is 35.3 Å². The Hall–Kier alpha value is -3.49. The second kappa shape index (κ2) is 10.0. The van der Waals surface area contributed by atoms with E-state index in [0.717, 1.165) is 28.8 Å². The molecule has 3 aromatic carbocycles. The van der Waals surface area contributed by atoms with Crippen molar-refractivity contribution in [1.82, 2.24) is 4.90 Å². The van der Waals surface area contributed by atoms with Gasteiger partial charge in [0.1, 0.15) is 17.4 Å². The lowest BCUT2D eigenvalue weighted by molar-refractivity contribution is 0.230. The summed E-state index contributed by atoms with van der Waals surface area (Å²) in [4.78, 5) is 2.33. The van der Waals surface area contributed by atoms with E-state index in [-0.39, 0.29) is 5.88 Å². The predicted molar refractivity (Wildman–Crippen MR) is 140 cm³/mol. The molecule has 0 aromatic heterocycles. The number of ether oxygens (including phenoxy) is 1. The van der Waals surface area contributed by atoms with E-state index in [1.54, 1.807) is 0 Å². The van der Waals surface area contributed by atoms with Crippen LogP contribution in [-0.2, 0) is 11.3 Å². The number of hydrogen-bond donors (Lipinski definition) is 1. The summed E-state index contributed by atoms with van der Waals surface area (Å²) >= 11 is 13.1. The van der Waals surface area contributed by atoms with Gasteiger partial charge in [-0.2, -0.15) is 5.26 Å². The van der Waals surface area contributed by atoms with Gasteiger partial charge in [0.2, 0.25) is 5.88 Å². The van der Waals surface area contributed by atoms with E-state index < -0.39 is 5.92 Å². The third kappa shape index (κ3) is 4.72. The average Bonchev–Trinajstić information content (AvgIpc) is 2.86. The molecule has 0 saturated carbocycles. The van der Waals surface area contributed by atoms with Gasteiger partial charge in [-0.25, -0.2) is 0 Å². The zero-order chi connectivity index (χ0) is 24.4. The van der Waals surface area contributed by atoms with Gasteiger partial charge < -0.3 is 10.5 Å². The van der Waals surface area contributed by atoms with Crippen molar-refractivity contribution in [2.75, 3.05) is 13.1 Å². The highest BCUT2D eigenvalue weighted by Gasteiger charge is 2.38. The van der Waals surface area contributed by atoms with Crippen molar-refractivity contribution in [2.24, 2.45) is 5.73 Å². The van der Waals surface area contributed by atoms with Crippen molar-refractivity contribution in [3.05, 3.63) is 134 Å². The molecule has 0 unspecified atom stereocenters. The molecule has 174 valence electrons. The first-order valence-electron chi connectivity index (χ1n) is 11.3. The molecule has 5 rings (SSSR count). The quantitative estimate of drug-likeness (QED) is 0.436. The first kappa shape index (κ1) is 23.3. The Morgan fingerprint density at radius 2 is 1.63 bits per heavy atom. The first-order chi connectivity index (χ1) is 17.0. The minimum Gasteiger partial charge on any atom is -0.440 e. The molecule has 2 heterocycles. The number of hydrogen-bond acceptors (Lipinski definition) is 4. The third-order valence-electron chi connectivity index (χ3n) is 6.31. The van der Waals surface area contributed by atoms with E-state index in [2.05, 4.69) is 23.1 Å². The van der Waals surface area contributed by atoms with Crippen LogP contribution in [0, 0.1) is 11.3 Å². The van der Waals surface area contributed by atoms with Crippen LogP contribution in [0.1, 0.15) is 22.6 Å². The van der Waals surface area contributed by atoms with Crippen molar-refractivity contribution >= 4 is 29.3 Å². The fraction of sp³-hybridized carbons (Fsp3) is 0.138. The molecule has 2 N–H and O–H groups in total. The molecule has 0 spiro atoms. The second-order valence-corrected chi connectivity index (χ2v) is 9.44. The highest BCUT2D eigenvalue weighted by Crippen LogP contribution is 2.45. The molecule has 2 aliphatic heterocycles. The molecule has 0 amide bonds. The largest absolute Gasteiger partial charge is 0.440 e. The lowest BCUT2D eigenvalue weighted by atomic mass is 9.80. The standard InChI is InChI=1S/C29H23Cl2N3O/c30-25-12-6-4-10-20(25)14-21-17-34(16-19-8-2-1-3-9-19)18-24-27(22-11-5-7-13-26(22)31)23(15-32)29(33)35-28(21)24/h1-14,27H,16-18,33H2/b21-14+/t27-/m0/s1. The minimum absolute atomic E-state index is 0.109. The number of rotatable bonds is 4. The summed E-state index contributed by atoms with van der Waals surface area (Å²) in [5.74, 6) is 0.402. The van der Waals surface area contributed by atoms with Crippen LogP contribution in [0.3, 0.4) is 0 Å². The summed E-state index contributed by atoms with van der Waals surface area (Å²) in [5, 5.41) is 11.3. The van der Waals surface area contributed by atoms with Gasteiger partial charge in [0.05, 0.1) is 5.92 Å². The van der Waals surface area contributed by atoms with Gasteiger partial charge in [-0.1, -0.05) is 89.9 Å². The smallest absolute Gasteiger partial charge is 0.205 e. The molecule has 4 nitrogen and oxygen atoms in total. The Labute approximate surface area is 215 Å². The Balaban J connectivity index is 1.66. The van der Waals surface area contributed by atoms with Crippen LogP contribution in [0.2, 0.25) is 10.0 Å². The molecule has 1 atom stereocenters. The van der Waals surface area contributed by atoms with Gasteiger partial charge in [-0.15, -0.1) is 0 Å². The zero-order valence-electron chi connectivity index (χ0n) is 18.9. The average molecular weight is 500 g/mol. The van der Waals surface area contributed by atoms with Crippen molar-refractivity contribution in [3.63, 3.8) is 0 Å². The van der Waals surface area contributed by atoms with Crippen LogP contribution >= 0.6 is 23.2 Å². The molecule has 6 heteroatoms. The monoisotopic (exact) mass is 499 g/mol. The van der Waals surface area contributed by atoms with Gasteiger partial charge in [-0.05, 0) is 40.5 Å². The molecule has 35 heavy (non-hydrogen) atoms. The molecule has 3 aromatic rings. The maximum absolute atomic E-state index is 10.0. The van der Waals surface area contributed by atoms with E-state index in [4.69, 9.17) is 33.7 Å². The summed E-state index contributed by atoms with van der Waals surface area (Å²) < 4.78 is 6.14. The van der Waals surface area contributed by atoms with Crippen molar-refractivity contribution in [1.29, 1.82) is 5.26 Å². The zero-order valence-corrected chi connectivity index (χ0v) is 20.4. The van der Waals surface area contributed by atoms with E-state index >= 15 is 0 Å². The van der Waals surface area contributed by atoms with Gasteiger partial charge >= 0.3 is 0 Å². The number of nitrogens with zero attached hydrogens (tertiary/aromatic N) is 2. The summed E-state index contributed by atoms with van der Waals surface area (Å²) in [6, 6.07) is 27.9. The second-order valence-electron chi connectivity index (χ2n) is 8.62. The maximum atomic E-state index is 10.0. The van der Waals surface area contributed by atoms with E-state index in [0.29, 0.717) is 34.5 Å². The minimum atomic E-state index is -0.398. The number of halogens is 2. The van der Waals surface area contributed by atoms with E-state index in [9.17, 15) is 5.26 Å². The maximum Gasteiger partial charge on any atom is 0.205 e. The predicted octanol–water partition coefficient (Wildman–Crippen LogP) is 6.65. The van der Waals surface area contributed by atoms with E-state index in [1.807, 2.05) is 72.8 Å². The molecular formula is C29H23Cl2N3O. The lowest BCUT2D eigenvalue weighted by Crippen LogP contribution is -2.37. The summed E-state index contributed by atoms with van der Waals surface area (Å²) in [5.41, 5.74) is 11.5. The van der Waals surface area contributed by atoms with Gasteiger partial charge in [0.15, 0.2) is 0 Å². The Kier molecular flexibility index (Phi) is 6.66. The number of nitriles is 1. The number of nitrogens with two attached hydrogens (primary N) is 1. The number of benzene rings is 3. The van der Waals surface area contributed by atoms with Crippen LogP contribution in [0.4, 0.5) is 0 Å². The highest BCUT2D eigenvalue weighted by molar-refractivity contribution is 6.32. The van der Waals surface area contributed by atoms with Crippen LogP contribution < -0.4 is 5.73 Å². The molecule has 2 aliphatic rings.